The smallest absolute Gasteiger partial charge is 0.328 e. The Morgan fingerprint density at radius 2 is 1.43 bits per heavy atom. The van der Waals surface area contributed by atoms with E-state index >= 15 is 0 Å². The molecular formula is C37H38N2O5. The minimum atomic E-state index is -0.717. The first kappa shape index (κ1) is 31.8. The van der Waals surface area contributed by atoms with Crippen molar-refractivity contribution in [2.24, 2.45) is 5.92 Å². The molecule has 4 aromatic carbocycles. The molecule has 0 aromatic heterocycles. The molecule has 0 heterocycles. The maximum Gasteiger partial charge on any atom is 0.328 e. The number of allylic oxidation sites excluding steroid dienone is 1. The van der Waals surface area contributed by atoms with E-state index in [1.165, 1.54) is 7.11 Å². The lowest BCUT2D eigenvalue weighted by atomic mass is 9.95. The second-order valence-electron chi connectivity index (χ2n) is 10.4. The number of para-hydroxylation sites is 1. The van der Waals surface area contributed by atoms with E-state index in [0.717, 1.165) is 11.1 Å². The third kappa shape index (κ3) is 9.16. The molecule has 44 heavy (non-hydrogen) atoms. The molecule has 0 bridgehead atoms. The molecule has 0 radical (unpaired) electrons. The summed E-state index contributed by atoms with van der Waals surface area (Å²) in [6.07, 6.45) is 3.36. The van der Waals surface area contributed by atoms with Crippen LogP contribution < -0.4 is 15.4 Å². The van der Waals surface area contributed by atoms with E-state index in [2.05, 4.69) is 17.2 Å². The van der Waals surface area contributed by atoms with Crippen molar-refractivity contribution >= 4 is 23.3 Å². The topological polar surface area (TPSA) is 93.7 Å². The van der Waals surface area contributed by atoms with Crippen molar-refractivity contribution in [2.75, 3.05) is 25.6 Å². The Labute approximate surface area is 258 Å². The molecule has 2 N–H and O–H groups in total. The SMILES string of the molecule is C=CCC(Cc1ccccc1)C(=O)NCCOc1ccc(CC(Nc2ccccc2C(=O)c2ccccc2)C(=O)OC)cc1. The van der Waals surface area contributed by atoms with Crippen LogP contribution in [-0.4, -0.2) is 44.0 Å². The number of rotatable bonds is 16. The first-order valence-electron chi connectivity index (χ1n) is 14.7. The molecule has 226 valence electrons. The van der Waals surface area contributed by atoms with Gasteiger partial charge in [-0.05, 0) is 48.2 Å². The van der Waals surface area contributed by atoms with E-state index in [1.807, 2.05) is 78.9 Å². The lowest BCUT2D eigenvalue weighted by Crippen LogP contribution is -2.34. The van der Waals surface area contributed by atoms with Gasteiger partial charge >= 0.3 is 5.97 Å². The fourth-order valence-corrected chi connectivity index (χ4v) is 4.90. The van der Waals surface area contributed by atoms with E-state index in [-0.39, 0.29) is 17.6 Å². The van der Waals surface area contributed by atoms with Gasteiger partial charge in [0, 0.05) is 29.2 Å². The normalized spacial score (nSPS) is 11.9. The lowest BCUT2D eigenvalue weighted by Gasteiger charge is -2.20. The fourth-order valence-electron chi connectivity index (χ4n) is 4.90. The number of esters is 1. The summed E-state index contributed by atoms with van der Waals surface area (Å²) in [6.45, 7) is 4.48. The molecule has 0 spiro atoms. The number of methoxy groups -OCH3 is 1. The van der Waals surface area contributed by atoms with Gasteiger partial charge in [-0.2, -0.15) is 0 Å². The molecular weight excluding hydrogens is 552 g/mol. The van der Waals surface area contributed by atoms with Crippen molar-refractivity contribution < 1.29 is 23.9 Å². The van der Waals surface area contributed by atoms with Crippen molar-refractivity contribution in [1.82, 2.24) is 5.32 Å². The van der Waals surface area contributed by atoms with Crippen LogP contribution in [0.2, 0.25) is 0 Å². The lowest BCUT2D eigenvalue weighted by molar-refractivity contribution is -0.141. The molecule has 1 amide bonds. The summed E-state index contributed by atoms with van der Waals surface area (Å²) >= 11 is 0. The van der Waals surface area contributed by atoms with Gasteiger partial charge in [-0.15, -0.1) is 6.58 Å². The van der Waals surface area contributed by atoms with Crippen LogP contribution in [0.1, 0.15) is 33.5 Å². The highest BCUT2D eigenvalue weighted by Gasteiger charge is 2.23. The number of hydrogen-bond acceptors (Lipinski definition) is 6. The van der Waals surface area contributed by atoms with Gasteiger partial charge in [0.1, 0.15) is 18.4 Å². The van der Waals surface area contributed by atoms with Crippen molar-refractivity contribution in [3.05, 3.63) is 144 Å². The van der Waals surface area contributed by atoms with Gasteiger partial charge in [0.05, 0.1) is 13.7 Å². The van der Waals surface area contributed by atoms with Crippen molar-refractivity contribution in [3.8, 4) is 5.75 Å². The summed E-state index contributed by atoms with van der Waals surface area (Å²) in [6, 6.07) is 32.8. The number of ketones is 1. The van der Waals surface area contributed by atoms with Gasteiger partial charge in [0.25, 0.3) is 0 Å². The Kier molecular flexibility index (Phi) is 11.9. The zero-order valence-electron chi connectivity index (χ0n) is 24.9. The Bertz CT molecular complexity index is 1520. The maximum atomic E-state index is 13.2. The molecule has 0 saturated carbocycles. The minimum absolute atomic E-state index is 0.0268. The highest BCUT2D eigenvalue weighted by Crippen LogP contribution is 2.22. The molecule has 0 fully saturated rings. The summed E-state index contributed by atoms with van der Waals surface area (Å²) in [5.41, 5.74) is 3.58. The Morgan fingerprint density at radius 3 is 2.11 bits per heavy atom. The van der Waals surface area contributed by atoms with Gasteiger partial charge in [0.15, 0.2) is 5.78 Å². The molecule has 0 aliphatic carbocycles. The zero-order valence-corrected chi connectivity index (χ0v) is 24.9. The molecule has 2 unspecified atom stereocenters. The van der Waals surface area contributed by atoms with Crippen LogP contribution in [-0.2, 0) is 27.2 Å². The average Bonchev–Trinajstić information content (AvgIpc) is 3.07. The molecule has 7 heteroatoms. The van der Waals surface area contributed by atoms with Crippen LogP contribution in [0.15, 0.2) is 122 Å². The van der Waals surface area contributed by atoms with E-state index in [4.69, 9.17) is 9.47 Å². The molecule has 4 aromatic rings. The van der Waals surface area contributed by atoms with Crippen LogP contribution in [0.3, 0.4) is 0 Å². The number of nitrogens with one attached hydrogen (secondary N) is 2. The second-order valence-corrected chi connectivity index (χ2v) is 10.4. The zero-order chi connectivity index (χ0) is 31.1. The van der Waals surface area contributed by atoms with Gasteiger partial charge < -0.3 is 20.1 Å². The fraction of sp³-hybridized carbons (Fsp3) is 0.216. The largest absolute Gasteiger partial charge is 0.492 e. The van der Waals surface area contributed by atoms with Crippen LogP contribution >= 0.6 is 0 Å². The monoisotopic (exact) mass is 590 g/mol. The quantitative estimate of drug-likeness (QED) is 0.0715. The van der Waals surface area contributed by atoms with Crippen molar-refractivity contribution in [3.63, 3.8) is 0 Å². The van der Waals surface area contributed by atoms with Crippen LogP contribution in [0, 0.1) is 5.92 Å². The van der Waals surface area contributed by atoms with Crippen molar-refractivity contribution in [1.29, 1.82) is 0 Å². The summed E-state index contributed by atoms with van der Waals surface area (Å²) in [5, 5.41) is 6.19. The first-order chi connectivity index (χ1) is 21.5. The molecule has 0 saturated heterocycles. The van der Waals surface area contributed by atoms with Crippen LogP contribution in [0.25, 0.3) is 0 Å². The van der Waals surface area contributed by atoms with E-state index in [1.54, 1.807) is 36.4 Å². The Morgan fingerprint density at radius 1 is 0.795 bits per heavy atom. The number of ether oxygens (including phenoxy) is 2. The standard InChI is InChI=1S/C37H38N2O5/c1-3-12-30(25-27-13-6-4-7-14-27)36(41)38-23-24-44-31-21-19-28(20-22-31)26-34(37(42)43-2)39-33-18-11-10-17-32(33)35(40)29-15-8-5-9-16-29/h3-11,13-22,30,34,39H,1,12,23-26H2,2H3,(H,38,41). The van der Waals surface area contributed by atoms with Gasteiger partial charge in [-0.1, -0.05) is 91.0 Å². The summed E-state index contributed by atoms with van der Waals surface area (Å²) in [7, 11) is 1.34. The minimum Gasteiger partial charge on any atom is -0.492 e. The second kappa shape index (κ2) is 16.5. The third-order valence-electron chi connectivity index (χ3n) is 7.20. The van der Waals surface area contributed by atoms with Gasteiger partial charge in [0.2, 0.25) is 5.91 Å². The van der Waals surface area contributed by atoms with Crippen LogP contribution in [0.5, 0.6) is 5.75 Å². The Balaban J connectivity index is 1.31. The van der Waals surface area contributed by atoms with E-state index in [0.29, 0.717) is 55.0 Å². The molecule has 4 rings (SSSR count). The summed E-state index contributed by atoms with van der Waals surface area (Å²) in [5.74, 6) is -0.140. The summed E-state index contributed by atoms with van der Waals surface area (Å²) < 4.78 is 10.9. The van der Waals surface area contributed by atoms with Gasteiger partial charge in [-0.25, -0.2) is 4.79 Å². The van der Waals surface area contributed by atoms with Crippen LogP contribution in [0.4, 0.5) is 5.69 Å². The van der Waals surface area contributed by atoms with Crippen molar-refractivity contribution in [2.45, 2.75) is 25.3 Å². The van der Waals surface area contributed by atoms with E-state index < -0.39 is 12.0 Å². The molecule has 2 atom stereocenters. The molecule has 0 aliphatic rings. The number of hydrogen-bond donors (Lipinski definition) is 2. The highest BCUT2D eigenvalue weighted by atomic mass is 16.5. The maximum absolute atomic E-state index is 13.2. The Hall–Kier alpha value is -5.17. The predicted molar refractivity (Wildman–Crippen MR) is 173 cm³/mol. The third-order valence-corrected chi connectivity index (χ3v) is 7.20. The number of amides is 1. The number of carbonyl (C=O) groups is 3. The number of carbonyl (C=O) groups excluding carboxylic acids is 3. The number of anilines is 1. The average molecular weight is 591 g/mol. The van der Waals surface area contributed by atoms with Gasteiger partial charge in [-0.3, -0.25) is 9.59 Å². The highest BCUT2D eigenvalue weighted by molar-refractivity contribution is 6.12. The molecule has 0 aliphatic heterocycles. The molecule has 7 nitrogen and oxygen atoms in total. The predicted octanol–water partition coefficient (Wildman–Crippen LogP) is 6.04. The first-order valence-corrected chi connectivity index (χ1v) is 14.7. The van der Waals surface area contributed by atoms with E-state index in [9.17, 15) is 14.4 Å². The summed E-state index contributed by atoms with van der Waals surface area (Å²) in [4.78, 5) is 38.7. The number of benzene rings is 4.